The fourth-order valence-electron chi connectivity index (χ4n) is 5.89. The maximum absolute atomic E-state index is 12.9. The molecule has 5 nitrogen and oxygen atoms in total. The molecule has 0 aliphatic heterocycles. The van der Waals surface area contributed by atoms with E-state index < -0.39 is 0 Å². The summed E-state index contributed by atoms with van der Waals surface area (Å²) in [6.07, 6.45) is 7.14. The largest absolute Gasteiger partial charge is 0.326 e. The van der Waals surface area contributed by atoms with E-state index in [0.29, 0.717) is 5.71 Å². The highest BCUT2D eigenvalue weighted by molar-refractivity contribution is 9.10. The van der Waals surface area contributed by atoms with Crippen LogP contribution in [0.2, 0.25) is 0 Å². The second kappa shape index (κ2) is 7.62. The zero-order valence-electron chi connectivity index (χ0n) is 16.6. The summed E-state index contributed by atoms with van der Waals surface area (Å²) < 4.78 is 0.980. The third kappa shape index (κ3) is 4.02. The second-order valence-corrected chi connectivity index (χ2v) is 10.1. The molecule has 0 unspecified atom stereocenters. The third-order valence-corrected chi connectivity index (χ3v) is 7.24. The SMILES string of the molecule is CC(CC(=O)Nc1ccc(Br)cc1C)=NNC(=O)C12CC3CC(CC(C3)C1)C2. The average Bonchev–Trinajstić information content (AvgIpc) is 2.61. The summed E-state index contributed by atoms with van der Waals surface area (Å²) in [7, 11) is 0. The molecule has 0 radical (unpaired) electrons. The minimum Gasteiger partial charge on any atom is -0.326 e. The van der Waals surface area contributed by atoms with E-state index in [1.54, 1.807) is 6.92 Å². The van der Waals surface area contributed by atoms with Gasteiger partial charge in [-0.1, -0.05) is 15.9 Å². The van der Waals surface area contributed by atoms with Gasteiger partial charge in [0, 0.05) is 15.9 Å². The molecular formula is C22H28BrN3O2. The molecule has 2 N–H and O–H groups in total. The van der Waals surface area contributed by atoms with Crippen molar-refractivity contribution in [1.29, 1.82) is 0 Å². The van der Waals surface area contributed by atoms with Gasteiger partial charge in [-0.15, -0.1) is 0 Å². The van der Waals surface area contributed by atoms with Crippen molar-refractivity contribution in [2.75, 3.05) is 5.32 Å². The Morgan fingerprint density at radius 1 is 1.14 bits per heavy atom. The van der Waals surface area contributed by atoms with Crippen molar-refractivity contribution in [2.24, 2.45) is 28.3 Å². The van der Waals surface area contributed by atoms with E-state index in [1.165, 1.54) is 19.3 Å². The Hall–Kier alpha value is -1.69. The predicted octanol–water partition coefficient (Wildman–Crippen LogP) is 4.79. The number of nitrogens with one attached hydrogen (secondary N) is 2. The van der Waals surface area contributed by atoms with Gasteiger partial charge in [-0.2, -0.15) is 5.10 Å². The molecule has 0 saturated heterocycles. The Balaban J connectivity index is 1.33. The summed E-state index contributed by atoms with van der Waals surface area (Å²) in [6, 6.07) is 5.73. The van der Waals surface area contributed by atoms with Crippen LogP contribution in [0.3, 0.4) is 0 Å². The fraction of sp³-hybridized carbons (Fsp3) is 0.591. The molecule has 1 aromatic rings. The molecule has 0 atom stereocenters. The number of carbonyl (C=O) groups is 2. The zero-order valence-corrected chi connectivity index (χ0v) is 18.1. The average molecular weight is 446 g/mol. The van der Waals surface area contributed by atoms with Crippen LogP contribution in [0.4, 0.5) is 5.69 Å². The van der Waals surface area contributed by atoms with Gasteiger partial charge in [0.15, 0.2) is 0 Å². The van der Waals surface area contributed by atoms with E-state index >= 15 is 0 Å². The zero-order chi connectivity index (χ0) is 19.9. The molecule has 0 aromatic heterocycles. The Kier molecular flexibility index (Phi) is 5.34. The number of hydrazone groups is 1. The number of aryl methyl sites for hydroxylation is 1. The number of hydrogen-bond acceptors (Lipinski definition) is 3. The number of anilines is 1. The summed E-state index contributed by atoms with van der Waals surface area (Å²) in [5.74, 6) is 2.11. The van der Waals surface area contributed by atoms with E-state index in [0.717, 1.165) is 52.7 Å². The van der Waals surface area contributed by atoms with Crippen LogP contribution in [0.1, 0.15) is 57.4 Å². The topological polar surface area (TPSA) is 70.6 Å². The standard InChI is InChI=1S/C22H28BrN3O2/c1-13-5-18(23)3-4-19(13)24-20(27)6-14(2)25-26-21(28)22-10-15-7-16(11-22)9-17(8-15)12-22/h3-5,15-17H,6-12H2,1-2H3,(H,24,27)(H,26,28). The highest BCUT2D eigenvalue weighted by Crippen LogP contribution is 2.60. The molecule has 150 valence electrons. The number of hydrogen-bond donors (Lipinski definition) is 2. The van der Waals surface area contributed by atoms with Crippen molar-refractivity contribution in [3.8, 4) is 0 Å². The van der Waals surface area contributed by atoms with E-state index in [9.17, 15) is 9.59 Å². The van der Waals surface area contributed by atoms with Crippen molar-refractivity contribution in [2.45, 2.75) is 58.8 Å². The molecule has 6 heteroatoms. The van der Waals surface area contributed by atoms with Crippen LogP contribution >= 0.6 is 15.9 Å². The summed E-state index contributed by atoms with van der Waals surface area (Å²) in [6.45, 7) is 3.74. The minimum atomic E-state index is -0.213. The number of carbonyl (C=O) groups excluding carboxylic acids is 2. The molecular weight excluding hydrogens is 418 g/mol. The van der Waals surface area contributed by atoms with Gasteiger partial charge in [0.2, 0.25) is 11.8 Å². The van der Waals surface area contributed by atoms with E-state index in [-0.39, 0.29) is 23.7 Å². The number of benzene rings is 1. The smallest absolute Gasteiger partial charge is 0.246 e. The van der Waals surface area contributed by atoms with Crippen LogP contribution in [0.15, 0.2) is 27.8 Å². The highest BCUT2D eigenvalue weighted by Gasteiger charge is 2.54. The summed E-state index contributed by atoms with van der Waals surface area (Å²) in [5.41, 5.74) is 4.98. The fourth-order valence-corrected chi connectivity index (χ4v) is 6.36. The Morgan fingerprint density at radius 3 is 2.32 bits per heavy atom. The van der Waals surface area contributed by atoms with Gasteiger partial charge in [-0.05, 0) is 93.9 Å². The molecule has 4 aliphatic rings. The van der Waals surface area contributed by atoms with Crippen molar-refractivity contribution in [3.05, 3.63) is 28.2 Å². The van der Waals surface area contributed by atoms with Gasteiger partial charge in [0.05, 0.1) is 11.8 Å². The molecule has 28 heavy (non-hydrogen) atoms. The lowest BCUT2D eigenvalue weighted by atomic mass is 9.49. The van der Waals surface area contributed by atoms with Gasteiger partial charge < -0.3 is 5.32 Å². The van der Waals surface area contributed by atoms with Gasteiger partial charge in [-0.25, -0.2) is 5.43 Å². The molecule has 1 aromatic carbocycles. The van der Waals surface area contributed by atoms with Crippen LogP contribution in [-0.4, -0.2) is 17.5 Å². The van der Waals surface area contributed by atoms with Crippen molar-refractivity contribution < 1.29 is 9.59 Å². The van der Waals surface area contributed by atoms with Crippen LogP contribution in [0.25, 0.3) is 0 Å². The summed E-state index contributed by atoms with van der Waals surface area (Å²) >= 11 is 3.42. The molecule has 0 heterocycles. The predicted molar refractivity (Wildman–Crippen MR) is 114 cm³/mol. The molecule has 2 amide bonds. The normalized spacial score (nSPS) is 31.0. The van der Waals surface area contributed by atoms with Gasteiger partial charge >= 0.3 is 0 Å². The lowest BCUT2D eigenvalue weighted by Gasteiger charge is -2.55. The quantitative estimate of drug-likeness (QED) is 0.504. The first-order valence-electron chi connectivity index (χ1n) is 10.2. The van der Waals surface area contributed by atoms with Crippen LogP contribution in [0.5, 0.6) is 0 Å². The third-order valence-electron chi connectivity index (χ3n) is 6.75. The van der Waals surface area contributed by atoms with E-state index in [4.69, 9.17) is 0 Å². The number of nitrogens with zero attached hydrogens (tertiary/aromatic N) is 1. The van der Waals surface area contributed by atoms with Crippen molar-refractivity contribution in [3.63, 3.8) is 0 Å². The first-order chi connectivity index (χ1) is 13.3. The highest BCUT2D eigenvalue weighted by atomic mass is 79.9. The molecule has 4 saturated carbocycles. The number of rotatable bonds is 5. The molecule has 4 bridgehead atoms. The lowest BCUT2D eigenvalue weighted by Crippen LogP contribution is -2.52. The van der Waals surface area contributed by atoms with Gasteiger partial charge in [0.25, 0.3) is 0 Å². The molecule has 4 aliphatic carbocycles. The van der Waals surface area contributed by atoms with E-state index in [2.05, 4.69) is 31.8 Å². The van der Waals surface area contributed by atoms with Crippen LogP contribution in [0, 0.1) is 30.1 Å². The first kappa shape index (κ1) is 19.6. The molecule has 0 spiro atoms. The lowest BCUT2D eigenvalue weighted by molar-refractivity contribution is -0.146. The summed E-state index contributed by atoms with van der Waals surface area (Å²) in [4.78, 5) is 25.2. The van der Waals surface area contributed by atoms with E-state index in [1.807, 2.05) is 25.1 Å². The molecule has 4 fully saturated rings. The van der Waals surface area contributed by atoms with Crippen LogP contribution < -0.4 is 10.7 Å². The monoisotopic (exact) mass is 445 g/mol. The number of halogens is 1. The second-order valence-electron chi connectivity index (χ2n) is 9.17. The number of amides is 2. The van der Waals surface area contributed by atoms with Crippen LogP contribution in [-0.2, 0) is 9.59 Å². The Bertz CT molecular complexity index is 798. The minimum absolute atomic E-state index is 0.0649. The van der Waals surface area contributed by atoms with Gasteiger partial charge in [-0.3, -0.25) is 9.59 Å². The Morgan fingerprint density at radius 2 is 1.75 bits per heavy atom. The van der Waals surface area contributed by atoms with Crippen molar-refractivity contribution in [1.82, 2.24) is 5.43 Å². The van der Waals surface area contributed by atoms with Crippen molar-refractivity contribution >= 4 is 39.1 Å². The summed E-state index contributed by atoms with van der Waals surface area (Å²) in [5, 5.41) is 7.16. The molecule has 5 rings (SSSR count). The first-order valence-corrected chi connectivity index (χ1v) is 11.0. The Labute approximate surface area is 174 Å². The van der Waals surface area contributed by atoms with Gasteiger partial charge in [0.1, 0.15) is 0 Å². The maximum atomic E-state index is 12.9. The maximum Gasteiger partial charge on any atom is 0.246 e.